The summed E-state index contributed by atoms with van der Waals surface area (Å²) in [5.74, 6) is 1.13. The molecule has 0 N–H and O–H groups in total. The molecule has 0 aromatic heterocycles. The lowest BCUT2D eigenvalue weighted by atomic mass is 9.88. The van der Waals surface area contributed by atoms with E-state index in [4.69, 9.17) is 14.2 Å². The summed E-state index contributed by atoms with van der Waals surface area (Å²) in [6.07, 6.45) is 13.6. The van der Waals surface area contributed by atoms with Crippen LogP contribution in [0.5, 0.6) is 0 Å². The fourth-order valence-electron chi connectivity index (χ4n) is 9.58. The average molecular weight is 734 g/mol. The molecule has 0 spiro atoms. The van der Waals surface area contributed by atoms with Crippen molar-refractivity contribution in [1.82, 2.24) is 24.5 Å². The van der Waals surface area contributed by atoms with Crippen molar-refractivity contribution in [2.75, 3.05) is 59.6 Å². The van der Waals surface area contributed by atoms with Gasteiger partial charge in [0, 0.05) is 81.9 Å². The van der Waals surface area contributed by atoms with E-state index in [9.17, 15) is 19.2 Å². The molecule has 52 heavy (non-hydrogen) atoms. The standard InChI is InChI=1S/C19H33N3O3.C16H26N2O4.C5H12/c1-4-20(5-2)18(23)9-14-12-21(13-14)17-10-15-7-8-16(11-17)22(15)19(24)25-6-3;1-3-22-16(20)18-12-4-5-13(18)8-14(7-12)17-9-11(10-17)6-15(19)21-2;1-3-5-4-2/h14-17H,4-13H2,1-3H3;11-14H,3-10H2,1-2H3;3-5H2,1-2H3. The van der Waals surface area contributed by atoms with E-state index < -0.39 is 0 Å². The Hall–Kier alpha value is -2.60. The monoisotopic (exact) mass is 734 g/mol. The highest BCUT2D eigenvalue weighted by Gasteiger charge is 2.48. The summed E-state index contributed by atoms with van der Waals surface area (Å²) in [5, 5.41) is 0. The van der Waals surface area contributed by atoms with Crippen LogP contribution >= 0.6 is 0 Å². The van der Waals surface area contributed by atoms with Gasteiger partial charge in [-0.1, -0.05) is 33.1 Å². The predicted molar refractivity (Wildman–Crippen MR) is 202 cm³/mol. The molecule has 6 aliphatic rings. The molecule has 4 unspecified atom stereocenters. The van der Waals surface area contributed by atoms with Crippen LogP contribution in [0.3, 0.4) is 0 Å². The average Bonchev–Trinajstić information content (AvgIpc) is 3.53. The lowest BCUT2D eigenvalue weighted by Crippen LogP contribution is -2.59. The van der Waals surface area contributed by atoms with Crippen molar-refractivity contribution in [3.05, 3.63) is 0 Å². The van der Waals surface area contributed by atoms with Crippen LogP contribution in [0, 0.1) is 11.8 Å². The minimum atomic E-state index is -0.138. The number of carbonyl (C=O) groups is 4. The Kier molecular flexibility index (Phi) is 16.8. The van der Waals surface area contributed by atoms with Gasteiger partial charge in [0.15, 0.2) is 0 Å². The molecule has 6 heterocycles. The number of methoxy groups -OCH3 is 1. The van der Waals surface area contributed by atoms with Crippen LogP contribution in [-0.4, -0.2) is 144 Å². The second kappa shape index (κ2) is 20.7. The zero-order valence-corrected chi connectivity index (χ0v) is 33.6. The molecule has 12 heteroatoms. The molecule has 4 bridgehead atoms. The molecule has 6 saturated heterocycles. The maximum atomic E-state index is 12.2. The van der Waals surface area contributed by atoms with Crippen LogP contribution < -0.4 is 0 Å². The Labute approximate surface area is 314 Å². The highest BCUT2D eigenvalue weighted by atomic mass is 16.6. The Morgan fingerprint density at radius 2 is 0.962 bits per heavy atom. The zero-order chi connectivity index (χ0) is 37.8. The van der Waals surface area contributed by atoms with Crippen molar-refractivity contribution >= 4 is 24.1 Å². The summed E-state index contributed by atoms with van der Waals surface area (Å²) >= 11 is 0. The third-order valence-corrected chi connectivity index (χ3v) is 12.3. The Morgan fingerprint density at radius 1 is 0.577 bits per heavy atom. The van der Waals surface area contributed by atoms with Gasteiger partial charge < -0.3 is 28.9 Å². The molecule has 0 radical (unpaired) electrons. The van der Waals surface area contributed by atoms with Gasteiger partial charge in [-0.05, 0) is 90.9 Å². The van der Waals surface area contributed by atoms with Gasteiger partial charge in [0.2, 0.25) is 5.91 Å². The van der Waals surface area contributed by atoms with Gasteiger partial charge in [-0.25, -0.2) is 9.59 Å². The number of ether oxygens (including phenoxy) is 3. The van der Waals surface area contributed by atoms with Crippen molar-refractivity contribution in [1.29, 1.82) is 0 Å². The number of esters is 1. The van der Waals surface area contributed by atoms with Gasteiger partial charge in [0.05, 0.1) is 26.7 Å². The van der Waals surface area contributed by atoms with Crippen molar-refractivity contribution in [2.45, 2.75) is 161 Å². The van der Waals surface area contributed by atoms with Crippen molar-refractivity contribution in [2.24, 2.45) is 11.8 Å². The topological polar surface area (TPSA) is 112 Å². The minimum Gasteiger partial charge on any atom is -0.469 e. The minimum absolute atomic E-state index is 0.109. The molecule has 3 amide bonds. The summed E-state index contributed by atoms with van der Waals surface area (Å²) in [7, 11) is 1.45. The molecular weight excluding hydrogens is 662 g/mol. The Morgan fingerprint density at radius 3 is 1.27 bits per heavy atom. The predicted octanol–water partition coefficient (Wildman–Crippen LogP) is 6.16. The maximum absolute atomic E-state index is 12.2. The highest BCUT2D eigenvalue weighted by molar-refractivity contribution is 5.76. The lowest BCUT2D eigenvalue weighted by molar-refractivity contribution is -0.143. The number of rotatable bonds is 12. The summed E-state index contributed by atoms with van der Waals surface area (Å²) in [5.41, 5.74) is 0. The summed E-state index contributed by atoms with van der Waals surface area (Å²) in [6.45, 7) is 18.8. The van der Waals surface area contributed by atoms with Crippen LogP contribution in [0.2, 0.25) is 0 Å². The van der Waals surface area contributed by atoms with Gasteiger partial charge in [-0.15, -0.1) is 0 Å². The van der Waals surface area contributed by atoms with Crippen LogP contribution in [0.4, 0.5) is 9.59 Å². The number of hydrogen-bond donors (Lipinski definition) is 0. The number of hydrogen-bond acceptors (Lipinski definition) is 9. The molecule has 298 valence electrons. The molecule has 6 rings (SSSR count). The van der Waals surface area contributed by atoms with E-state index in [1.807, 2.05) is 42.4 Å². The van der Waals surface area contributed by atoms with Crippen LogP contribution in [0.15, 0.2) is 0 Å². The van der Waals surface area contributed by atoms with Crippen LogP contribution in [0.1, 0.15) is 125 Å². The first-order valence-corrected chi connectivity index (χ1v) is 20.8. The number of nitrogens with zero attached hydrogens (tertiary/aromatic N) is 5. The van der Waals surface area contributed by atoms with Crippen molar-refractivity contribution < 1.29 is 33.4 Å². The molecule has 0 aliphatic carbocycles. The SMILES string of the molecule is CCCCC.CCOC(=O)N1C2CCC1CC(N1CC(CC(=O)N(CC)CC)C1)C2.CCOC(=O)N1C2CCC1CC(N1CC(CC(=O)OC)C1)C2. The first kappa shape index (κ1) is 42.1. The molecular formula is C40H71N5O7. The van der Waals surface area contributed by atoms with Gasteiger partial charge >= 0.3 is 18.2 Å². The summed E-state index contributed by atoms with van der Waals surface area (Å²) in [4.78, 5) is 58.7. The van der Waals surface area contributed by atoms with Crippen molar-refractivity contribution in [3.8, 4) is 0 Å². The molecule has 6 fully saturated rings. The van der Waals surface area contributed by atoms with E-state index in [0.717, 1.165) is 90.6 Å². The molecule has 6 aliphatic heterocycles. The maximum Gasteiger partial charge on any atom is 0.410 e. The third-order valence-electron chi connectivity index (χ3n) is 12.3. The molecule has 0 saturated carbocycles. The Balaban J connectivity index is 0.000000207. The quantitative estimate of drug-likeness (QED) is 0.172. The molecule has 4 atom stereocenters. The number of amides is 3. The van der Waals surface area contributed by atoms with Gasteiger partial charge in [0.25, 0.3) is 0 Å². The van der Waals surface area contributed by atoms with Gasteiger partial charge in [-0.3, -0.25) is 19.4 Å². The molecule has 12 nitrogen and oxygen atoms in total. The normalized spacial score (nSPS) is 28.4. The largest absolute Gasteiger partial charge is 0.469 e. The highest BCUT2D eigenvalue weighted by Crippen LogP contribution is 2.41. The van der Waals surface area contributed by atoms with E-state index in [-0.39, 0.29) is 18.2 Å². The number of piperidine rings is 2. The number of fused-ring (bicyclic) bond motifs is 4. The van der Waals surface area contributed by atoms with Crippen LogP contribution in [0.25, 0.3) is 0 Å². The molecule has 0 aromatic carbocycles. The zero-order valence-electron chi connectivity index (χ0n) is 33.6. The van der Waals surface area contributed by atoms with E-state index in [1.54, 1.807) is 0 Å². The van der Waals surface area contributed by atoms with E-state index in [0.29, 0.717) is 80.0 Å². The first-order valence-electron chi connectivity index (χ1n) is 20.8. The fraction of sp³-hybridized carbons (Fsp3) is 0.900. The van der Waals surface area contributed by atoms with E-state index in [2.05, 4.69) is 23.6 Å². The van der Waals surface area contributed by atoms with Crippen molar-refractivity contribution in [3.63, 3.8) is 0 Å². The fourth-order valence-corrected chi connectivity index (χ4v) is 9.58. The van der Waals surface area contributed by atoms with Gasteiger partial charge in [0.1, 0.15) is 0 Å². The second-order valence-electron chi connectivity index (χ2n) is 15.8. The third kappa shape index (κ3) is 10.8. The van der Waals surface area contributed by atoms with E-state index in [1.165, 1.54) is 26.4 Å². The van der Waals surface area contributed by atoms with E-state index >= 15 is 0 Å². The first-order chi connectivity index (χ1) is 25.1. The second-order valence-corrected chi connectivity index (χ2v) is 15.8. The number of unbranched alkanes of at least 4 members (excludes halogenated alkanes) is 2. The van der Waals surface area contributed by atoms with Gasteiger partial charge in [-0.2, -0.15) is 0 Å². The number of carbonyl (C=O) groups excluding carboxylic acids is 4. The number of likely N-dealkylation sites (tertiary alicyclic amines) is 2. The Bertz CT molecular complexity index is 1110. The molecule has 0 aromatic rings. The lowest BCUT2D eigenvalue weighted by Gasteiger charge is -2.49. The smallest absolute Gasteiger partial charge is 0.410 e. The van der Waals surface area contributed by atoms with Crippen LogP contribution in [-0.2, 0) is 23.8 Å². The summed E-state index contributed by atoms with van der Waals surface area (Å²) in [6, 6.07) is 2.49. The summed E-state index contributed by atoms with van der Waals surface area (Å²) < 4.78 is 15.2.